The maximum atomic E-state index is 11.9. The van der Waals surface area contributed by atoms with Gasteiger partial charge in [-0.05, 0) is 18.6 Å². The highest BCUT2D eigenvalue weighted by atomic mass is 16.6. The van der Waals surface area contributed by atoms with Crippen LogP contribution in [0.1, 0.15) is 30.6 Å². The molecule has 0 saturated heterocycles. The van der Waals surface area contributed by atoms with Gasteiger partial charge in [-0.25, -0.2) is 4.79 Å². The highest BCUT2D eigenvalue weighted by Gasteiger charge is 2.21. The zero-order valence-electron chi connectivity index (χ0n) is 11.6. The van der Waals surface area contributed by atoms with E-state index in [0.29, 0.717) is 17.9 Å². The van der Waals surface area contributed by atoms with E-state index in [1.165, 1.54) is 20.3 Å². The molecule has 0 aromatic heterocycles. The zero-order chi connectivity index (χ0) is 14.4. The Balaban J connectivity index is 2.90. The molecular formula is C14H18O5. The maximum absolute atomic E-state index is 11.9. The fraction of sp³-hybridized carbons (Fsp3) is 0.429. The van der Waals surface area contributed by atoms with Crippen molar-refractivity contribution in [3.63, 3.8) is 0 Å². The zero-order valence-corrected chi connectivity index (χ0v) is 11.6. The third-order valence-corrected chi connectivity index (χ3v) is 2.84. The Morgan fingerprint density at radius 1 is 1.21 bits per heavy atom. The van der Waals surface area contributed by atoms with Gasteiger partial charge in [0.05, 0.1) is 20.1 Å². The molecular weight excluding hydrogens is 248 g/mol. The van der Waals surface area contributed by atoms with Gasteiger partial charge in [-0.1, -0.05) is 13.8 Å². The normalized spacial score (nSPS) is 11.6. The molecule has 104 valence electrons. The van der Waals surface area contributed by atoms with Gasteiger partial charge >= 0.3 is 11.9 Å². The second kappa shape index (κ2) is 6.78. The van der Waals surface area contributed by atoms with Crippen LogP contribution in [0.3, 0.4) is 0 Å². The summed E-state index contributed by atoms with van der Waals surface area (Å²) >= 11 is 0. The molecule has 0 amide bonds. The van der Waals surface area contributed by atoms with Crippen LogP contribution in [-0.2, 0) is 9.53 Å². The molecule has 0 aliphatic rings. The van der Waals surface area contributed by atoms with Crippen molar-refractivity contribution in [3.8, 4) is 11.5 Å². The number of carbonyl (C=O) groups is 2. The Kier molecular flexibility index (Phi) is 5.36. The van der Waals surface area contributed by atoms with E-state index < -0.39 is 11.9 Å². The van der Waals surface area contributed by atoms with Gasteiger partial charge in [-0.15, -0.1) is 0 Å². The van der Waals surface area contributed by atoms with E-state index in [-0.39, 0.29) is 11.5 Å². The highest BCUT2D eigenvalue weighted by molar-refractivity contribution is 5.99. The molecule has 5 heteroatoms. The quantitative estimate of drug-likeness (QED) is 0.605. The van der Waals surface area contributed by atoms with Gasteiger partial charge in [0.1, 0.15) is 17.1 Å². The molecule has 0 spiro atoms. The van der Waals surface area contributed by atoms with E-state index in [2.05, 4.69) is 0 Å². The van der Waals surface area contributed by atoms with Gasteiger partial charge in [0, 0.05) is 6.07 Å². The van der Waals surface area contributed by atoms with Crippen molar-refractivity contribution < 1.29 is 23.8 Å². The monoisotopic (exact) mass is 266 g/mol. The first-order valence-corrected chi connectivity index (χ1v) is 6.01. The largest absolute Gasteiger partial charge is 0.497 e. The van der Waals surface area contributed by atoms with E-state index in [0.717, 1.165) is 0 Å². The van der Waals surface area contributed by atoms with Gasteiger partial charge in [0.2, 0.25) is 0 Å². The van der Waals surface area contributed by atoms with Crippen LogP contribution >= 0.6 is 0 Å². The van der Waals surface area contributed by atoms with Crippen molar-refractivity contribution in [3.05, 3.63) is 23.8 Å². The maximum Gasteiger partial charge on any atom is 0.349 e. The first kappa shape index (κ1) is 15.0. The van der Waals surface area contributed by atoms with Crippen molar-refractivity contribution in [2.24, 2.45) is 5.92 Å². The minimum Gasteiger partial charge on any atom is -0.497 e. The predicted molar refractivity (Wildman–Crippen MR) is 69.4 cm³/mol. The van der Waals surface area contributed by atoms with Crippen LogP contribution in [0.25, 0.3) is 0 Å². The Hall–Kier alpha value is -2.04. The standard InChI is InChI=1S/C14H18O5/c1-5-9(2)13(15)19-14(16)11-7-6-10(17-3)8-12(11)18-4/h6-9H,5H2,1-4H3. The molecule has 0 saturated carbocycles. The number of hydrogen-bond donors (Lipinski definition) is 0. The Labute approximate surface area is 112 Å². The van der Waals surface area contributed by atoms with Gasteiger partial charge < -0.3 is 14.2 Å². The number of benzene rings is 1. The highest BCUT2D eigenvalue weighted by Crippen LogP contribution is 2.25. The first-order chi connectivity index (χ1) is 9.03. The molecule has 0 heterocycles. The van der Waals surface area contributed by atoms with Crippen molar-refractivity contribution in [2.75, 3.05) is 14.2 Å². The Bertz CT molecular complexity index is 467. The molecule has 0 bridgehead atoms. The van der Waals surface area contributed by atoms with E-state index in [1.54, 1.807) is 19.1 Å². The van der Waals surface area contributed by atoms with Crippen molar-refractivity contribution in [2.45, 2.75) is 20.3 Å². The molecule has 0 aliphatic carbocycles. The summed E-state index contributed by atoms with van der Waals surface area (Å²) in [5.41, 5.74) is 0.194. The number of rotatable bonds is 5. The van der Waals surface area contributed by atoms with Gasteiger partial charge in [0.15, 0.2) is 0 Å². The second-order valence-corrected chi connectivity index (χ2v) is 4.08. The summed E-state index contributed by atoms with van der Waals surface area (Å²) in [6, 6.07) is 4.67. The summed E-state index contributed by atoms with van der Waals surface area (Å²) < 4.78 is 14.9. The van der Waals surface area contributed by atoms with Crippen LogP contribution in [0.15, 0.2) is 18.2 Å². The minimum atomic E-state index is -0.718. The molecule has 19 heavy (non-hydrogen) atoms. The molecule has 1 rings (SSSR count). The van der Waals surface area contributed by atoms with Gasteiger partial charge in [-0.3, -0.25) is 4.79 Å². The van der Waals surface area contributed by atoms with Gasteiger partial charge in [-0.2, -0.15) is 0 Å². The molecule has 5 nitrogen and oxygen atoms in total. The number of hydrogen-bond acceptors (Lipinski definition) is 5. The summed E-state index contributed by atoms with van der Waals surface area (Å²) in [6.45, 7) is 3.56. The topological polar surface area (TPSA) is 61.8 Å². The van der Waals surface area contributed by atoms with E-state index in [9.17, 15) is 9.59 Å². The van der Waals surface area contributed by atoms with E-state index in [4.69, 9.17) is 14.2 Å². The molecule has 1 aromatic rings. The fourth-order valence-corrected chi connectivity index (χ4v) is 1.38. The van der Waals surface area contributed by atoms with Crippen molar-refractivity contribution in [1.82, 2.24) is 0 Å². The number of carbonyl (C=O) groups excluding carboxylic acids is 2. The SMILES string of the molecule is CCC(C)C(=O)OC(=O)c1ccc(OC)cc1OC. The van der Waals surface area contributed by atoms with Crippen molar-refractivity contribution >= 4 is 11.9 Å². The smallest absolute Gasteiger partial charge is 0.349 e. The van der Waals surface area contributed by atoms with Crippen LogP contribution < -0.4 is 9.47 Å². The predicted octanol–water partition coefficient (Wildman–Crippen LogP) is 2.43. The molecule has 1 atom stereocenters. The van der Waals surface area contributed by atoms with E-state index in [1.807, 2.05) is 6.92 Å². The lowest BCUT2D eigenvalue weighted by molar-refractivity contribution is -0.142. The number of esters is 2. The molecule has 0 N–H and O–H groups in total. The Morgan fingerprint density at radius 3 is 2.42 bits per heavy atom. The summed E-state index contributed by atoms with van der Waals surface area (Å²) in [6.07, 6.45) is 0.617. The second-order valence-electron chi connectivity index (χ2n) is 4.08. The number of methoxy groups -OCH3 is 2. The molecule has 0 aliphatic heterocycles. The molecule has 0 fully saturated rings. The summed E-state index contributed by atoms with van der Waals surface area (Å²) in [7, 11) is 2.95. The third kappa shape index (κ3) is 3.71. The molecule has 0 radical (unpaired) electrons. The van der Waals surface area contributed by atoms with Crippen LogP contribution in [-0.4, -0.2) is 26.2 Å². The van der Waals surface area contributed by atoms with Crippen LogP contribution in [0, 0.1) is 5.92 Å². The summed E-state index contributed by atoms with van der Waals surface area (Å²) in [4.78, 5) is 23.5. The van der Waals surface area contributed by atoms with Gasteiger partial charge in [0.25, 0.3) is 0 Å². The molecule has 1 aromatic carbocycles. The van der Waals surface area contributed by atoms with Crippen molar-refractivity contribution in [1.29, 1.82) is 0 Å². The minimum absolute atomic E-state index is 0.194. The van der Waals surface area contributed by atoms with Crippen LogP contribution in [0.4, 0.5) is 0 Å². The third-order valence-electron chi connectivity index (χ3n) is 2.84. The Morgan fingerprint density at radius 2 is 1.89 bits per heavy atom. The summed E-state index contributed by atoms with van der Waals surface area (Å²) in [5.74, 6) is -0.702. The average Bonchev–Trinajstić information content (AvgIpc) is 2.45. The average molecular weight is 266 g/mol. The fourth-order valence-electron chi connectivity index (χ4n) is 1.38. The van der Waals surface area contributed by atoms with Crippen LogP contribution in [0.2, 0.25) is 0 Å². The summed E-state index contributed by atoms with van der Waals surface area (Å²) in [5, 5.41) is 0. The molecule has 1 unspecified atom stereocenters. The van der Waals surface area contributed by atoms with Crippen LogP contribution in [0.5, 0.6) is 11.5 Å². The number of ether oxygens (including phenoxy) is 3. The van der Waals surface area contributed by atoms with E-state index >= 15 is 0 Å². The lowest BCUT2D eigenvalue weighted by Crippen LogP contribution is -2.19. The first-order valence-electron chi connectivity index (χ1n) is 6.01. The lowest BCUT2D eigenvalue weighted by atomic mass is 10.1. The lowest BCUT2D eigenvalue weighted by Gasteiger charge is -2.11.